The van der Waals surface area contributed by atoms with E-state index in [9.17, 15) is 14.7 Å². The summed E-state index contributed by atoms with van der Waals surface area (Å²) in [5.74, 6) is -1.12. The molecule has 0 bridgehead atoms. The fraction of sp³-hybridized carbons (Fsp3) is 0.500. The van der Waals surface area contributed by atoms with Gasteiger partial charge in [0.05, 0.1) is 5.92 Å². The minimum atomic E-state index is -1.02. The first-order valence-corrected chi connectivity index (χ1v) is 6.75. The summed E-state index contributed by atoms with van der Waals surface area (Å²) in [6.07, 6.45) is 0. The highest BCUT2D eigenvalue weighted by atomic mass is 32.1. The third-order valence-corrected chi connectivity index (χ3v) is 4.15. The summed E-state index contributed by atoms with van der Waals surface area (Å²) >= 11 is 1.33. The summed E-state index contributed by atoms with van der Waals surface area (Å²) in [5, 5.41) is 16.7. The molecule has 3 N–H and O–H groups in total. The van der Waals surface area contributed by atoms with Gasteiger partial charge in [-0.2, -0.15) is 0 Å². The number of nitrogens with one attached hydrogen (secondary N) is 2. The monoisotopic (exact) mass is 268 g/mol. The van der Waals surface area contributed by atoms with Crippen LogP contribution in [0.1, 0.15) is 17.8 Å². The number of carboxylic acid groups (broad SMARTS) is 1. The first kappa shape index (κ1) is 13.0. The van der Waals surface area contributed by atoms with E-state index in [1.807, 2.05) is 6.92 Å². The molecule has 98 valence electrons. The number of aliphatic carboxylic acids is 1. The molecule has 18 heavy (non-hydrogen) atoms. The van der Waals surface area contributed by atoms with Gasteiger partial charge in [-0.3, -0.25) is 4.79 Å². The highest BCUT2D eigenvalue weighted by Crippen LogP contribution is 2.22. The number of carbonyl (C=O) groups excluding carboxylic acids is 1. The molecule has 1 unspecified atom stereocenters. The van der Waals surface area contributed by atoms with E-state index < -0.39 is 12.0 Å². The van der Waals surface area contributed by atoms with Crippen molar-refractivity contribution in [2.24, 2.45) is 11.8 Å². The molecule has 0 aliphatic carbocycles. The van der Waals surface area contributed by atoms with Crippen LogP contribution in [0.25, 0.3) is 0 Å². The molecule has 0 saturated carbocycles. The van der Waals surface area contributed by atoms with Crippen molar-refractivity contribution in [2.75, 3.05) is 13.1 Å². The van der Waals surface area contributed by atoms with Gasteiger partial charge < -0.3 is 15.7 Å². The Morgan fingerprint density at radius 3 is 2.83 bits per heavy atom. The Bertz CT molecular complexity index is 433. The Morgan fingerprint density at radius 1 is 1.56 bits per heavy atom. The van der Waals surface area contributed by atoms with Crippen LogP contribution in [0.15, 0.2) is 17.5 Å². The van der Waals surface area contributed by atoms with Crippen LogP contribution in [0.3, 0.4) is 0 Å². The first-order valence-electron chi connectivity index (χ1n) is 5.87. The summed E-state index contributed by atoms with van der Waals surface area (Å²) in [4.78, 5) is 23.9. The largest absolute Gasteiger partial charge is 0.479 e. The molecule has 1 aromatic rings. The topological polar surface area (TPSA) is 78.4 Å². The average Bonchev–Trinajstić information content (AvgIpc) is 2.95. The minimum absolute atomic E-state index is 0.146. The molecule has 0 radical (unpaired) electrons. The minimum Gasteiger partial charge on any atom is -0.479 e. The van der Waals surface area contributed by atoms with Crippen molar-refractivity contribution in [3.63, 3.8) is 0 Å². The number of carbonyl (C=O) groups is 2. The van der Waals surface area contributed by atoms with Gasteiger partial charge in [0.25, 0.3) is 0 Å². The Balaban J connectivity index is 2.06. The van der Waals surface area contributed by atoms with Gasteiger partial charge >= 0.3 is 5.97 Å². The van der Waals surface area contributed by atoms with E-state index in [-0.39, 0.29) is 17.7 Å². The van der Waals surface area contributed by atoms with Crippen LogP contribution in [0, 0.1) is 11.8 Å². The van der Waals surface area contributed by atoms with Crippen LogP contribution in [0.5, 0.6) is 0 Å². The second-order valence-electron chi connectivity index (χ2n) is 4.54. The Labute approximate surface area is 109 Å². The normalized spacial score (nSPS) is 24.7. The molecule has 1 amide bonds. The fourth-order valence-corrected chi connectivity index (χ4v) is 2.89. The third kappa shape index (κ3) is 2.70. The maximum absolute atomic E-state index is 12.1. The van der Waals surface area contributed by atoms with Crippen molar-refractivity contribution < 1.29 is 14.7 Å². The number of hydrogen-bond acceptors (Lipinski definition) is 4. The van der Waals surface area contributed by atoms with E-state index in [1.165, 1.54) is 11.3 Å². The molecule has 1 aliphatic heterocycles. The molecule has 1 aliphatic rings. The predicted molar refractivity (Wildman–Crippen MR) is 68.4 cm³/mol. The third-order valence-electron chi connectivity index (χ3n) is 3.22. The fourth-order valence-electron chi connectivity index (χ4n) is 2.12. The molecule has 3 atom stereocenters. The van der Waals surface area contributed by atoms with Crippen molar-refractivity contribution in [1.82, 2.24) is 10.6 Å². The second kappa shape index (κ2) is 5.49. The van der Waals surface area contributed by atoms with Crippen molar-refractivity contribution in [3.8, 4) is 0 Å². The molecule has 2 rings (SSSR count). The van der Waals surface area contributed by atoms with Gasteiger partial charge in [0.2, 0.25) is 5.91 Å². The molecule has 2 heterocycles. The van der Waals surface area contributed by atoms with Crippen LogP contribution in [0.4, 0.5) is 0 Å². The maximum Gasteiger partial charge on any atom is 0.331 e. The molecule has 1 aromatic heterocycles. The molecular formula is C12H16N2O3S. The molecule has 1 fully saturated rings. The van der Waals surface area contributed by atoms with Crippen LogP contribution in [0.2, 0.25) is 0 Å². The van der Waals surface area contributed by atoms with E-state index in [1.54, 1.807) is 17.5 Å². The number of rotatable bonds is 4. The lowest BCUT2D eigenvalue weighted by molar-refractivity contribution is -0.142. The van der Waals surface area contributed by atoms with Crippen LogP contribution in [-0.2, 0) is 9.59 Å². The predicted octanol–water partition coefficient (Wildman–Crippen LogP) is 0.846. The summed E-state index contributed by atoms with van der Waals surface area (Å²) < 4.78 is 0. The number of thiophene rings is 1. The number of amides is 1. The highest BCUT2D eigenvalue weighted by molar-refractivity contribution is 7.10. The van der Waals surface area contributed by atoms with Gasteiger partial charge in [0, 0.05) is 11.4 Å². The van der Waals surface area contributed by atoms with Crippen molar-refractivity contribution in [3.05, 3.63) is 22.4 Å². The van der Waals surface area contributed by atoms with Crippen molar-refractivity contribution in [1.29, 1.82) is 0 Å². The number of carboxylic acids is 1. The van der Waals surface area contributed by atoms with E-state index >= 15 is 0 Å². The van der Waals surface area contributed by atoms with E-state index in [0.29, 0.717) is 11.4 Å². The smallest absolute Gasteiger partial charge is 0.331 e. The Morgan fingerprint density at radius 2 is 2.33 bits per heavy atom. The lowest BCUT2D eigenvalue weighted by Crippen LogP contribution is -2.39. The molecule has 6 heteroatoms. The molecule has 0 spiro atoms. The van der Waals surface area contributed by atoms with E-state index in [0.717, 1.165) is 6.54 Å². The lowest BCUT2D eigenvalue weighted by Gasteiger charge is -2.18. The Kier molecular flexibility index (Phi) is 3.98. The zero-order valence-corrected chi connectivity index (χ0v) is 10.9. The SMILES string of the molecule is C[C@@H]1CNC[C@H]1C(=O)NC(C(=O)O)c1cccs1. The quantitative estimate of drug-likeness (QED) is 0.756. The van der Waals surface area contributed by atoms with Gasteiger partial charge in [0.1, 0.15) is 0 Å². The van der Waals surface area contributed by atoms with Gasteiger partial charge in [-0.05, 0) is 23.9 Å². The summed E-state index contributed by atoms with van der Waals surface area (Å²) in [6.45, 7) is 3.41. The molecule has 5 nitrogen and oxygen atoms in total. The zero-order valence-electron chi connectivity index (χ0n) is 10.1. The summed E-state index contributed by atoms with van der Waals surface area (Å²) in [5.41, 5.74) is 0. The van der Waals surface area contributed by atoms with Crippen LogP contribution in [-0.4, -0.2) is 30.1 Å². The standard InChI is InChI=1S/C12H16N2O3S/c1-7-5-13-6-8(7)11(15)14-10(12(16)17)9-3-2-4-18-9/h2-4,7-8,10,13H,5-6H2,1H3,(H,14,15)(H,16,17)/t7-,8-,10?/m1/s1. The van der Waals surface area contributed by atoms with Crippen molar-refractivity contribution >= 4 is 23.2 Å². The second-order valence-corrected chi connectivity index (χ2v) is 5.52. The number of hydrogen-bond donors (Lipinski definition) is 3. The maximum atomic E-state index is 12.1. The zero-order chi connectivity index (χ0) is 13.1. The molecule has 0 aromatic carbocycles. The lowest BCUT2D eigenvalue weighted by atomic mass is 9.97. The Hall–Kier alpha value is -1.40. The average molecular weight is 268 g/mol. The molecular weight excluding hydrogens is 252 g/mol. The van der Waals surface area contributed by atoms with E-state index in [4.69, 9.17) is 0 Å². The van der Waals surface area contributed by atoms with Crippen LogP contribution < -0.4 is 10.6 Å². The molecule has 1 saturated heterocycles. The van der Waals surface area contributed by atoms with Gasteiger partial charge in [-0.15, -0.1) is 11.3 Å². The van der Waals surface area contributed by atoms with Crippen LogP contribution >= 0.6 is 11.3 Å². The van der Waals surface area contributed by atoms with E-state index in [2.05, 4.69) is 10.6 Å². The summed E-state index contributed by atoms with van der Waals surface area (Å²) in [6, 6.07) is 2.56. The van der Waals surface area contributed by atoms with Gasteiger partial charge in [-0.1, -0.05) is 13.0 Å². The highest BCUT2D eigenvalue weighted by Gasteiger charge is 2.32. The first-order chi connectivity index (χ1) is 8.59. The summed E-state index contributed by atoms with van der Waals surface area (Å²) in [7, 11) is 0. The van der Waals surface area contributed by atoms with Crippen molar-refractivity contribution in [2.45, 2.75) is 13.0 Å². The van der Waals surface area contributed by atoms with Gasteiger partial charge in [-0.25, -0.2) is 4.79 Å². The van der Waals surface area contributed by atoms with Gasteiger partial charge in [0.15, 0.2) is 6.04 Å².